The Hall–Kier alpha value is -3.32. The normalized spacial score (nSPS) is 14.8. The average molecular weight is 493 g/mol. The number of amides is 2. The zero-order valence-corrected chi connectivity index (χ0v) is 20.5. The Bertz CT molecular complexity index is 1150. The van der Waals surface area contributed by atoms with Crippen molar-refractivity contribution in [2.24, 2.45) is 0 Å². The van der Waals surface area contributed by atoms with Gasteiger partial charge in [0.2, 0.25) is 11.8 Å². The number of nitrogens with zero attached hydrogens (tertiary/aromatic N) is 1. The number of hydrogen-bond donors (Lipinski definition) is 1. The van der Waals surface area contributed by atoms with Crippen molar-refractivity contribution < 1.29 is 18.8 Å². The molecule has 1 aliphatic rings. The predicted octanol–water partition coefficient (Wildman–Crippen LogP) is 5.86. The number of rotatable bonds is 8. The maximum atomic E-state index is 13.8. The molecule has 1 aromatic heterocycles. The number of carbonyl (C=O) groups is 3. The standard InChI is InChI=1S/C28H29FN2O3S/c1-19(32)20-11-15-24(16-12-20)31(26(33)18-25-8-5-17-35-25)27(21-9-13-22(29)14-10-21)28(34)30-23-6-3-2-4-7-23/h5,8-17,23,27H,2-4,6-7,18H2,1H3,(H,30,34)/t27-/m1/s1. The van der Waals surface area contributed by atoms with Crippen LogP contribution in [0.25, 0.3) is 0 Å². The summed E-state index contributed by atoms with van der Waals surface area (Å²) in [6.07, 6.45) is 5.19. The second kappa shape index (κ2) is 11.4. The lowest BCUT2D eigenvalue weighted by Crippen LogP contribution is -2.47. The highest BCUT2D eigenvalue weighted by Gasteiger charge is 2.34. The molecule has 182 valence electrons. The van der Waals surface area contributed by atoms with Crippen LogP contribution in [-0.4, -0.2) is 23.6 Å². The zero-order valence-electron chi connectivity index (χ0n) is 19.7. The van der Waals surface area contributed by atoms with Gasteiger partial charge in [0, 0.05) is 22.2 Å². The van der Waals surface area contributed by atoms with Crippen molar-refractivity contribution in [1.82, 2.24) is 5.32 Å². The van der Waals surface area contributed by atoms with E-state index in [-0.39, 0.29) is 30.1 Å². The summed E-state index contributed by atoms with van der Waals surface area (Å²) in [5, 5.41) is 5.05. The molecule has 0 saturated heterocycles. The lowest BCUT2D eigenvalue weighted by atomic mass is 9.94. The molecule has 35 heavy (non-hydrogen) atoms. The van der Waals surface area contributed by atoms with Gasteiger partial charge < -0.3 is 5.32 Å². The van der Waals surface area contributed by atoms with Crippen molar-refractivity contribution in [2.75, 3.05) is 4.90 Å². The van der Waals surface area contributed by atoms with Gasteiger partial charge in [-0.25, -0.2) is 4.39 Å². The SMILES string of the molecule is CC(=O)c1ccc(N(C(=O)Cc2cccs2)[C@@H](C(=O)NC2CCCCC2)c2ccc(F)cc2)cc1. The second-order valence-corrected chi connectivity index (χ2v) is 9.95. The summed E-state index contributed by atoms with van der Waals surface area (Å²) in [6.45, 7) is 1.48. The molecule has 0 spiro atoms. The summed E-state index contributed by atoms with van der Waals surface area (Å²) in [6, 6.07) is 15.2. The summed E-state index contributed by atoms with van der Waals surface area (Å²) in [5.41, 5.74) is 1.55. The van der Waals surface area contributed by atoms with E-state index in [2.05, 4.69) is 5.32 Å². The highest BCUT2D eigenvalue weighted by Crippen LogP contribution is 2.31. The Morgan fingerprint density at radius 2 is 1.69 bits per heavy atom. The van der Waals surface area contributed by atoms with Gasteiger partial charge in [0.1, 0.15) is 11.9 Å². The highest BCUT2D eigenvalue weighted by molar-refractivity contribution is 7.10. The van der Waals surface area contributed by atoms with Crippen LogP contribution in [0.2, 0.25) is 0 Å². The molecule has 0 aliphatic heterocycles. The van der Waals surface area contributed by atoms with Crippen LogP contribution in [0.15, 0.2) is 66.0 Å². The fourth-order valence-electron chi connectivity index (χ4n) is 4.53. The van der Waals surface area contributed by atoms with Gasteiger partial charge in [0.15, 0.2) is 5.78 Å². The Morgan fingerprint density at radius 1 is 1.00 bits per heavy atom. The van der Waals surface area contributed by atoms with Crippen molar-refractivity contribution in [3.63, 3.8) is 0 Å². The minimum Gasteiger partial charge on any atom is -0.351 e. The lowest BCUT2D eigenvalue weighted by Gasteiger charge is -2.33. The molecule has 2 aromatic carbocycles. The summed E-state index contributed by atoms with van der Waals surface area (Å²) < 4.78 is 13.8. The van der Waals surface area contributed by atoms with Crippen LogP contribution in [-0.2, 0) is 16.0 Å². The molecule has 7 heteroatoms. The Morgan fingerprint density at radius 3 is 2.29 bits per heavy atom. The first-order valence-electron chi connectivity index (χ1n) is 11.9. The second-order valence-electron chi connectivity index (χ2n) is 8.92. The number of thiophene rings is 1. The summed E-state index contributed by atoms with van der Waals surface area (Å²) >= 11 is 1.47. The van der Waals surface area contributed by atoms with Gasteiger partial charge in [-0.1, -0.05) is 37.5 Å². The molecule has 1 N–H and O–H groups in total. The Balaban J connectivity index is 1.75. The molecule has 1 fully saturated rings. The molecule has 3 aromatic rings. The molecular weight excluding hydrogens is 463 g/mol. The van der Waals surface area contributed by atoms with Gasteiger partial charge in [-0.3, -0.25) is 19.3 Å². The molecule has 1 heterocycles. The van der Waals surface area contributed by atoms with Gasteiger partial charge in [0.05, 0.1) is 6.42 Å². The Labute approximate surface area is 209 Å². The largest absolute Gasteiger partial charge is 0.351 e. The zero-order chi connectivity index (χ0) is 24.8. The maximum Gasteiger partial charge on any atom is 0.248 e. The van der Waals surface area contributed by atoms with Crippen LogP contribution in [0.4, 0.5) is 10.1 Å². The van der Waals surface area contributed by atoms with E-state index in [9.17, 15) is 18.8 Å². The van der Waals surface area contributed by atoms with Crippen LogP contribution in [0.3, 0.4) is 0 Å². The Kier molecular flexibility index (Phi) is 8.08. The number of hydrogen-bond acceptors (Lipinski definition) is 4. The van der Waals surface area contributed by atoms with E-state index in [4.69, 9.17) is 0 Å². The van der Waals surface area contributed by atoms with E-state index in [0.717, 1.165) is 37.0 Å². The minimum atomic E-state index is -0.979. The molecule has 1 atom stereocenters. The first-order chi connectivity index (χ1) is 16.9. The van der Waals surface area contributed by atoms with E-state index in [1.165, 1.54) is 35.3 Å². The molecule has 2 amide bonds. The van der Waals surface area contributed by atoms with Crippen LogP contribution >= 0.6 is 11.3 Å². The third-order valence-electron chi connectivity index (χ3n) is 6.37. The van der Waals surface area contributed by atoms with Crippen LogP contribution < -0.4 is 10.2 Å². The number of anilines is 1. The fourth-order valence-corrected chi connectivity index (χ4v) is 5.23. The van der Waals surface area contributed by atoms with Crippen LogP contribution in [0, 0.1) is 5.82 Å². The van der Waals surface area contributed by atoms with Crippen LogP contribution in [0.1, 0.15) is 65.9 Å². The third-order valence-corrected chi connectivity index (χ3v) is 7.25. The molecule has 0 bridgehead atoms. The smallest absolute Gasteiger partial charge is 0.248 e. The van der Waals surface area contributed by atoms with Crippen molar-refractivity contribution in [3.05, 3.63) is 87.9 Å². The summed E-state index contributed by atoms with van der Waals surface area (Å²) in [7, 11) is 0. The monoisotopic (exact) mass is 492 g/mol. The molecule has 5 nitrogen and oxygen atoms in total. The third kappa shape index (κ3) is 6.22. The summed E-state index contributed by atoms with van der Waals surface area (Å²) in [5.74, 6) is -1.05. The fraction of sp³-hybridized carbons (Fsp3) is 0.321. The lowest BCUT2D eigenvalue weighted by molar-refractivity contribution is -0.127. The topological polar surface area (TPSA) is 66.5 Å². The van der Waals surface area contributed by atoms with Gasteiger partial charge in [-0.15, -0.1) is 11.3 Å². The highest BCUT2D eigenvalue weighted by atomic mass is 32.1. The van der Waals surface area contributed by atoms with E-state index < -0.39 is 11.9 Å². The van der Waals surface area contributed by atoms with Gasteiger partial charge in [-0.2, -0.15) is 0 Å². The quantitative estimate of drug-likeness (QED) is 0.401. The first-order valence-corrected chi connectivity index (χ1v) is 12.8. The molecule has 1 saturated carbocycles. The maximum absolute atomic E-state index is 13.8. The molecule has 4 rings (SSSR count). The van der Waals surface area contributed by atoms with Crippen molar-refractivity contribution in [2.45, 2.75) is 57.5 Å². The number of benzene rings is 2. The molecular formula is C28H29FN2O3S. The number of ketones is 1. The summed E-state index contributed by atoms with van der Waals surface area (Å²) in [4.78, 5) is 41.6. The van der Waals surface area contributed by atoms with Crippen molar-refractivity contribution >= 4 is 34.6 Å². The van der Waals surface area contributed by atoms with Gasteiger partial charge in [0.25, 0.3) is 0 Å². The number of Topliss-reactive ketones (excluding diaryl/α,β-unsaturated/α-hetero) is 1. The molecule has 1 aliphatic carbocycles. The molecule has 0 radical (unpaired) electrons. The van der Waals surface area contributed by atoms with E-state index >= 15 is 0 Å². The number of carbonyl (C=O) groups excluding carboxylic acids is 3. The number of halogens is 1. The van der Waals surface area contributed by atoms with E-state index in [1.807, 2.05) is 17.5 Å². The first kappa shape index (κ1) is 24.8. The van der Waals surface area contributed by atoms with Crippen LogP contribution in [0.5, 0.6) is 0 Å². The molecule has 0 unspecified atom stereocenters. The van der Waals surface area contributed by atoms with Gasteiger partial charge >= 0.3 is 0 Å². The van der Waals surface area contributed by atoms with Gasteiger partial charge in [-0.05, 0) is 73.2 Å². The van der Waals surface area contributed by atoms with Crippen molar-refractivity contribution in [3.8, 4) is 0 Å². The van der Waals surface area contributed by atoms with E-state index in [0.29, 0.717) is 16.8 Å². The predicted molar refractivity (Wildman–Crippen MR) is 136 cm³/mol. The van der Waals surface area contributed by atoms with E-state index in [1.54, 1.807) is 36.4 Å². The van der Waals surface area contributed by atoms with Crippen molar-refractivity contribution in [1.29, 1.82) is 0 Å². The number of nitrogens with one attached hydrogen (secondary N) is 1. The minimum absolute atomic E-state index is 0.0496. The average Bonchev–Trinajstić information content (AvgIpc) is 3.37.